The van der Waals surface area contributed by atoms with E-state index in [-0.39, 0.29) is 0 Å². The fourth-order valence-corrected chi connectivity index (χ4v) is 3.32. The second kappa shape index (κ2) is 11.9. The third-order valence-electron chi connectivity index (χ3n) is 5.56. The number of allylic oxidation sites excluding steroid dienone is 1. The molecule has 158 valence electrons. The zero-order valence-electron chi connectivity index (χ0n) is 19.7. The van der Waals surface area contributed by atoms with Crippen LogP contribution in [0, 0.1) is 6.92 Å². The van der Waals surface area contributed by atoms with Crippen LogP contribution in [0.3, 0.4) is 0 Å². The minimum Gasteiger partial charge on any atom is -0.371 e. The maximum atomic E-state index is 4.76. The number of hydrogen-bond donors (Lipinski definition) is 0. The van der Waals surface area contributed by atoms with Gasteiger partial charge in [-0.05, 0) is 52.5 Å². The van der Waals surface area contributed by atoms with E-state index in [9.17, 15) is 0 Å². The topological polar surface area (TPSA) is 33.4 Å². The van der Waals surface area contributed by atoms with Gasteiger partial charge in [-0.3, -0.25) is 9.67 Å². The number of aromatic nitrogens is 2. The van der Waals surface area contributed by atoms with E-state index < -0.39 is 0 Å². The largest absolute Gasteiger partial charge is 0.371 e. The highest BCUT2D eigenvalue weighted by Crippen LogP contribution is 2.22. The van der Waals surface area contributed by atoms with E-state index in [2.05, 4.69) is 72.6 Å². The number of aliphatic imine (C=N–C) groups is 1. The first-order valence-electron chi connectivity index (χ1n) is 10.8. The predicted molar refractivity (Wildman–Crippen MR) is 123 cm³/mol. The highest BCUT2D eigenvalue weighted by atomic mass is 15.3. The molecule has 1 unspecified atom stereocenters. The molecule has 28 heavy (non-hydrogen) atoms. The van der Waals surface area contributed by atoms with Crippen molar-refractivity contribution >= 4 is 6.21 Å². The molecule has 1 aromatic rings. The maximum absolute atomic E-state index is 4.76. The Kier molecular flexibility index (Phi) is 10.3. The summed E-state index contributed by atoms with van der Waals surface area (Å²) in [7, 11) is 2.01. The lowest BCUT2D eigenvalue weighted by atomic mass is 10.0. The van der Waals surface area contributed by atoms with E-state index in [1.165, 1.54) is 22.4 Å². The van der Waals surface area contributed by atoms with E-state index in [0.717, 1.165) is 38.0 Å². The predicted octanol–water partition coefficient (Wildman–Crippen LogP) is 6.02. The summed E-state index contributed by atoms with van der Waals surface area (Å²) in [5, 5.41) is 4.71. The van der Waals surface area contributed by atoms with Gasteiger partial charge in [0.1, 0.15) is 0 Å². The summed E-state index contributed by atoms with van der Waals surface area (Å²) in [6, 6.07) is 0.576. The van der Waals surface area contributed by atoms with Gasteiger partial charge in [-0.15, -0.1) is 0 Å². The highest BCUT2D eigenvalue weighted by molar-refractivity contribution is 5.83. The third kappa shape index (κ3) is 6.96. The van der Waals surface area contributed by atoms with Crippen LogP contribution in [0.25, 0.3) is 0 Å². The molecular formula is C24H42N4. The van der Waals surface area contributed by atoms with Crippen LogP contribution in [0.4, 0.5) is 0 Å². The minimum absolute atomic E-state index is 0.451. The van der Waals surface area contributed by atoms with Crippen LogP contribution in [0.15, 0.2) is 28.4 Å². The van der Waals surface area contributed by atoms with Crippen molar-refractivity contribution in [1.29, 1.82) is 0 Å². The van der Waals surface area contributed by atoms with Gasteiger partial charge in [0.25, 0.3) is 0 Å². The molecule has 0 saturated carbocycles. The molecule has 0 bridgehead atoms. The van der Waals surface area contributed by atoms with Crippen molar-refractivity contribution < 1.29 is 0 Å². The number of nitrogens with zero attached hydrogens (tertiary/aromatic N) is 4. The van der Waals surface area contributed by atoms with Crippen molar-refractivity contribution in [1.82, 2.24) is 14.7 Å². The molecule has 0 fully saturated rings. The van der Waals surface area contributed by atoms with Crippen LogP contribution in [0.5, 0.6) is 0 Å². The molecule has 0 aliphatic rings. The molecule has 4 nitrogen and oxygen atoms in total. The molecule has 1 heterocycles. The van der Waals surface area contributed by atoms with Crippen LogP contribution < -0.4 is 0 Å². The van der Waals surface area contributed by atoms with E-state index in [1.807, 2.05) is 17.9 Å². The molecular weight excluding hydrogens is 344 g/mol. The average Bonchev–Trinajstić information content (AvgIpc) is 2.94. The Hall–Kier alpha value is -1.84. The van der Waals surface area contributed by atoms with Crippen LogP contribution in [0.2, 0.25) is 0 Å². The fraction of sp³-hybridized carbons (Fsp3) is 0.667. The summed E-state index contributed by atoms with van der Waals surface area (Å²) in [4.78, 5) is 7.23. The molecule has 1 atom stereocenters. The van der Waals surface area contributed by atoms with E-state index in [0.29, 0.717) is 12.0 Å². The molecule has 0 amide bonds. The molecule has 0 saturated heterocycles. The van der Waals surface area contributed by atoms with Gasteiger partial charge in [0.15, 0.2) is 0 Å². The molecule has 0 aliphatic heterocycles. The van der Waals surface area contributed by atoms with Crippen molar-refractivity contribution in [2.24, 2.45) is 12.0 Å². The van der Waals surface area contributed by atoms with Gasteiger partial charge in [0, 0.05) is 49.2 Å². The minimum atomic E-state index is 0.451. The molecule has 1 rings (SSSR count). The highest BCUT2D eigenvalue weighted by Gasteiger charge is 2.16. The second-order valence-corrected chi connectivity index (χ2v) is 8.21. The summed E-state index contributed by atoms with van der Waals surface area (Å²) in [5.41, 5.74) is 6.19. The Morgan fingerprint density at radius 1 is 1.14 bits per heavy atom. The maximum Gasteiger partial charge on any atom is 0.0743 e. The van der Waals surface area contributed by atoms with Crippen LogP contribution in [-0.4, -0.2) is 40.0 Å². The van der Waals surface area contributed by atoms with Crippen LogP contribution in [-0.2, 0) is 7.05 Å². The van der Waals surface area contributed by atoms with Gasteiger partial charge >= 0.3 is 0 Å². The van der Waals surface area contributed by atoms with Gasteiger partial charge in [-0.1, -0.05) is 39.3 Å². The van der Waals surface area contributed by atoms with E-state index in [1.54, 1.807) is 0 Å². The Balaban J connectivity index is 2.96. The molecule has 0 spiro atoms. The molecule has 0 aromatic carbocycles. The molecule has 0 aliphatic carbocycles. The number of hydrogen-bond acceptors (Lipinski definition) is 3. The summed E-state index contributed by atoms with van der Waals surface area (Å²) >= 11 is 0. The Labute approximate surface area is 173 Å². The van der Waals surface area contributed by atoms with Gasteiger partial charge in [0.2, 0.25) is 0 Å². The molecule has 0 radical (unpaired) electrons. The third-order valence-corrected chi connectivity index (χ3v) is 5.56. The second-order valence-electron chi connectivity index (χ2n) is 8.21. The number of rotatable bonds is 11. The SMILES string of the molecule is CCC(C)c1nn(C)c(C)c1C=NC/C(C)=C\N(CC=C(C)C)C(CC)CC. The first kappa shape index (κ1) is 24.2. The lowest BCUT2D eigenvalue weighted by Gasteiger charge is -2.29. The zero-order chi connectivity index (χ0) is 21.3. The molecule has 0 N–H and O–H groups in total. The van der Waals surface area contributed by atoms with Crippen molar-refractivity contribution in [2.75, 3.05) is 13.1 Å². The van der Waals surface area contributed by atoms with Crippen molar-refractivity contribution in [3.63, 3.8) is 0 Å². The molecule has 4 heteroatoms. The fourth-order valence-electron chi connectivity index (χ4n) is 3.32. The van der Waals surface area contributed by atoms with Gasteiger partial charge in [-0.2, -0.15) is 5.10 Å². The van der Waals surface area contributed by atoms with Crippen molar-refractivity contribution in [3.05, 3.63) is 40.4 Å². The van der Waals surface area contributed by atoms with Gasteiger partial charge in [-0.25, -0.2) is 0 Å². The lowest BCUT2D eigenvalue weighted by molar-refractivity contribution is 0.283. The summed E-state index contributed by atoms with van der Waals surface area (Å²) in [6.07, 6.45) is 10.0. The zero-order valence-corrected chi connectivity index (χ0v) is 19.7. The first-order chi connectivity index (χ1) is 13.2. The monoisotopic (exact) mass is 386 g/mol. The Morgan fingerprint density at radius 2 is 1.79 bits per heavy atom. The van der Waals surface area contributed by atoms with Crippen LogP contribution >= 0.6 is 0 Å². The van der Waals surface area contributed by atoms with E-state index in [4.69, 9.17) is 10.1 Å². The smallest absolute Gasteiger partial charge is 0.0743 e. The average molecular weight is 387 g/mol. The lowest BCUT2D eigenvalue weighted by Crippen LogP contribution is -2.30. The Morgan fingerprint density at radius 3 is 2.32 bits per heavy atom. The summed E-state index contributed by atoms with van der Waals surface area (Å²) in [6.45, 7) is 19.3. The first-order valence-corrected chi connectivity index (χ1v) is 10.8. The van der Waals surface area contributed by atoms with Crippen molar-refractivity contribution in [3.8, 4) is 0 Å². The Bertz CT molecular complexity index is 686. The quantitative estimate of drug-likeness (QED) is 0.344. The van der Waals surface area contributed by atoms with Gasteiger partial charge in [0.05, 0.1) is 12.2 Å². The normalized spacial score (nSPS) is 13.4. The summed E-state index contributed by atoms with van der Waals surface area (Å²) < 4.78 is 1.97. The van der Waals surface area contributed by atoms with Crippen molar-refractivity contribution in [2.45, 2.75) is 86.6 Å². The summed E-state index contributed by atoms with van der Waals surface area (Å²) in [5.74, 6) is 0.451. The van der Waals surface area contributed by atoms with Gasteiger partial charge < -0.3 is 4.90 Å². The number of aryl methyl sites for hydroxylation is 1. The van der Waals surface area contributed by atoms with Crippen LogP contribution in [0.1, 0.15) is 90.6 Å². The van der Waals surface area contributed by atoms with E-state index >= 15 is 0 Å². The standard InChI is InChI=1S/C24H42N4/c1-10-20(7)24-23(21(8)27(9)26-24)16-25-15-19(6)17-28(14-13-18(4)5)22(11-2)12-3/h13,16-17,20,22H,10-12,14-15H2,1-9H3/b19-17-,25-16?. The molecule has 1 aromatic heterocycles.